The number of nitrogens with zero attached hydrogens (tertiary/aromatic N) is 5. The van der Waals surface area contributed by atoms with E-state index < -0.39 is 0 Å². The fourth-order valence-electron chi connectivity index (χ4n) is 3.45. The highest BCUT2D eigenvalue weighted by Crippen LogP contribution is 2.23. The summed E-state index contributed by atoms with van der Waals surface area (Å²) in [5.74, 6) is 1.84. The third kappa shape index (κ3) is 4.59. The molecule has 0 spiro atoms. The van der Waals surface area contributed by atoms with Gasteiger partial charge in [-0.05, 0) is 33.6 Å². The summed E-state index contributed by atoms with van der Waals surface area (Å²) in [6.45, 7) is 8.12. The summed E-state index contributed by atoms with van der Waals surface area (Å²) < 4.78 is 0. The molecule has 1 aliphatic heterocycles. The molecular weight excluding hydrogens is 326 g/mol. The van der Waals surface area contributed by atoms with Gasteiger partial charge in [-0.3, -0.25) is 0 Å². The SMILES string of the molecule is Cc1cc(N[C@@H](C)c2cnc(N3CCCCCCC3)nc2C)nc(N)n1. The van der Waals surface area contributed by atoms with Crippen LogP contribution in [0.3, 0.4) is 0 Å². The van der Waals surface area contributed by atoms with Crippen molar-refractivity contribution in [1.82, 2.24) is 19.9 Å². The maximum Gasteiger partial charge on any atom is 0.225 e. The van der Waals surface area contributed by atoms with Gasteiger partial charge in [0.25, 0.3) is 0 Å². The minimum absolute atomic E-state index is 0.0325. The molecule has 2 aromatic heterocycles. The summed E-state index contributed by atoms with van der Waals surface area (Å²) >= 11 is 0. The summed E-state index contributed by atoms with van der Waals surface area (Å²) in [4.78, 5) is 20.1. The molecule has 1 aliphatic rings. The molecule has 3 heterocycles. The van der Waals surface area contributed by atoms with Gasteiger partial charge in [-0.25, -0.2) is 15.0 Å². The van der Waals surface area contributed by atoms with E-state index in [1.54, 1.807) is 0 Å². The van der Waals surface area contributed by atoms with E-state index >= 15 is 0 Å². The lowest BCUT2D eigenvalue weighted by Crippen LogP contribution is -2.29. The van der Waals surface area contributed by atoms with Gasteiger partial charge in [-0.15, -0.1) is 0 Å². The zero-order valence-electron chi connectivity index (χ0n) is 16.0. The third-order valence-electron chi connectivity index (χ3n) is 4.85. The van der Waals surface area contributed by atoms with E-state index in [4.69, 9.17) is 10.7 Å². The Balaban J connectivity index is 1.73. The van der Waals surface area contributed by atoms with Crippen LogP contribution >= 0.6 is 0 Å². The van der Waals surface area contributed by atoms with Gasteiger partial charge in [0, 0.05) is 42.3 Å². The molecule has 3 rings (SSSR count). The number of nitrogens with two attached hydrogens (primary N) is 1. The second-order valence-electron chi connectivity index (χ2n) is 7.08. The first-order valence-corrected chi connectivity index (χ1v) is 9.49. The van der Waals surface area contributed by atoms with Gasteiger partial charge < -0.3 is 16.0 Å². The van der Waals surface area contributed by atoms with Gasteiger partial charge >= 0.3 is 0 Å². The Morgan fingerprint density at radius 3 is 2.38 bits per heavy atom. The topological polar surface area (TPSA) is 92.9 Å². The molecule has 1 atom stereocenters. The number of hydrogen-bond donors (Lipinski definition) is 2. The Labute approximate surface area is 155 Å². The van der Waals surface area contributed by atoms with Crippen molar-refractivity contribution in [1.29, 1.82) is 0 Å². The van der Waals surface area contributed by atoms with Crippen LogP contribution in [0, 0.1) is 13.8 Å². The average molecular weight is 355 g/mol. The van der Waals surface area contributed by atoms with Crippen molar-refractivity contribution in [3.05, 3.63) is 29.2 Å². The highest BCUT2D eigenvalue weighted by molar-refractivity contribution is 5.43. The maximum absolute atomic E-state index is 5.74. The number of anilines is 3. The van der Waals surface area contributed by atoms with Gasteiger partial charge in [0.2, 0.25) is 11.9 Å². The summed E-state index contributed by atoms with van der Waals surface area (Å²) in [7, 11) is 0. The fraction of sp³-hybridized carbons (Fsp3) is 0.579. The lowest BCUT2D eigenvalue weighted by atomic mass is 10.1. The normalized spacial score (nSPS) is 16.7. The molecular formula is C19H29N7. The molecule has 2 aromatic rings. The molecule has 7 heteroatoms. The van der Waals surface area contributed by atoms with Crippen molar-refractivity contribution >= 4 is 17.7 Å². The molecule has 0 aromatic carbocycles. The van der Waals surface area contributed by atoms with Crippen LogP contribution in [0.4, 0.5) is 17.7 Å². The molecule has 0 unspecified atom stereocenters. The van der Waals surface area contributed by atoms with Crippen LogP contribution in [0.5, 0.6) is 0 Å². The predicted octanol–water partition coefficient (Wildman–Crippen LogP) is 3.41. The smallest absolute Gasteiger partial charge is 0.225 e. The number of nitrogen functional groups attached to an aromatic ring is 1. The molecule has 0 radical (unpaired) electrons. The van der Waals surface area contributed by atoms with Crippen LogP contribution in [0.25, 0.3) is 0 Å². The Morgan fingerprint density at radius 1 is 1.04 bits per heavy atom. The highest BCUT2D eigenvalue weighted by Gasteiger charge is 2.16. The minimum atomic E-state index is 0.0325. The van der Waals surface area contributed by atoms with E-state index in [-0.39, 0.29) is 12.0 Å². The summed E-state index contributed by atoms with van der Waals surface area (Å²) in [6.07, 6.45) is 8.33. The largest absolute Gasteiger partial charge is 0.368 e. The molecule has 1 saturated heterocycles. The Morgan fingerprint density at radius 2 is 1.73 bits per heavy atom. The molecule has 7 nitrogen and oxygen atoms in total. The fourth-order valence-corrected chi connectivity index (χ4v) is 3.45. The van der Waals surface area contributed by atoms with Crippen molar-refractivity contribution in [3.63, 3.8) is 0 Å². The van der Waals surface area contributed by atoms with Gasteiger partial charge in [0.05, 0.1) is 6.04 Å². The minimum Gasteiger partial charge on any atom is -0.368 e. The zero-order chi connectivity index (χ0) is 18.5. The van der Waals surface area contributed by atoms with Crippen LogP contribution in [-0.4, -0.2) is 33.0 Å². The molecule has 0 aliphatic carbocycles. The van der Waals surface area contributed by atoms with Crippen molar-refractivity contribution in [2.24, 2.45) is 0 Å². The second kappa shape index (κ2) is 8.29. The summed E-state index contributed by atoms with van der Waals surface area (Å²) in [5.41, 5.74) is 8.64. The first-order chi connectivity index (χ1) is 12.5. The van der Waals surface area contributed by atoms with Crippen LogP contribution in [0.1, 0.15) is 62.0 Å². The molecule has 0 saturated carbocycles. The molecule has 140 valence electrons. The maximum atomic E-state index is 5.74. The number of hydrogen-bond acceptors (Lipinski definition) is 7. The molecule has 0 bridgehead atoms. The second-order valence-corrected chi connectivity index (χ2v) is 7.08. The van der Waals surface area contributed by atoms with Crippen molar-refractivity contribution in [2.45, 2.75) is 58.9 Å². The van der Waals surface area contributed by atoms with Crippen molar-refractivity contribution in [3.8, 4) is 0 Å². The van der Waals surface area contributed by atoms with Crippen molar-refractivity contribution in [2.75, 3.05) is 29.0 Å². The molecule has 26 heavy (non-hydrogen) atoms. The van der Waals surface area contributed by atoms with Gasteiger partial charge in [0.1, 0.15) is 5.82 Å². The number of aromatic nitrogens is 4. The van der Waals surface area contributed by atoms with E-state index in [9.17, 15) is 0 Å². The number of nitrogens with one attached hydrogen (secondary N) is 1. The number of aryl methyl sites for hydroxylation is 2. The van der Waals surface area contributed by atoms with Gasteiger partial charge in [-0.2, -0.15) is 4.98 Å². The predicted molar refractivity (Wildman–Crippen MR) is 105 cm³/mol. The average Bonchev–Trinajstić information content (AvgIpc) is 2.53. The number of rotatable bonds is 4. The van der Waals surface area contributed by atoms with Gasteiger partial charge in [0.15, 0.2) is 0 Å². The zero-order valence-corrected chi connectivity index (χ0v) is 16.0. The summed E-state index contributed by atoms with van der Waals surface area (Å²) in [6, 6.07) is 1.92. The van der Waals surface area contributed by atoms with E-state index in [2.05, 4.69) is 32.1 Å². The van der Waals surface area contributed by atoms with Gasteiger partial charge in [-0.1, -0.05) is 19.3 Å². The van der Waals surface area contributed by atoms with E-state index in [1.165, 1.54) is 32.1 Å². The summed E-state index contributed by atoms with van der Waals surface area (Å²) in [5, 5.41) is 3.37. The highest BCUT2D eigenvalue weighted by atomic mass is 15.2. The Kier molecular flexibility index (Phi) is 5.85. The monoisotopic (exact) mass is 355 g/mol. The Hall–Kier alpha value is -2.44. The molecule has 1 fully saturated rings. The van der Waals surface area contributed by atoms with Crippen LogP contribution in [0.15, 0.2) is 12.3 Å². The van der Waals surface area contributed by atoms with Crippen LogP contribution < -0.4 is 16.0 Å². The van der Waals surface area contributed by atoms with E-state index in [1.807, 2.05) is 26.1 Å². The quantitative estimate of drug-likeness (QED) is 0.868. The lowest BCUT2D eigenvalue weighted by molar-refractivity contribution is 0.550. The standard InChI is InChI=1S/C19H29N7/c1-13-11-17(25-18(20)22-13)23-14(2)16-12-21-19(24-15(16)3)26-9-7-5-4-6-8-10-26/h11-12,14H,4-10H2,1-3H3,(H3,20,22,23,25)/t14-/m0/s1. The van der Waals surface area contributed by atoms with E-state index in [0.717, 1.165) is 41.8 Å². The molecule has 3 N–H and O–H groups in total. The first-order valence-electron chi connectivity index (χ1n) is 9.49. The lowest BCUT2D eigenvalue weighted by Gasteiger charge is -2.25. The Bertz CT molecular complexity index is 718. The van der Waals surface area contributed by atoms with E-state index in [0.29, 0.717) is 0 Å². The van der Waals surface area contributed by atoms with Crippen LogP contribution in [0.2, 0.25) is 0 Å². The third-order valence-corrected chi connectivity index (χ3v) is 4.85. The van der Waals surface area contributed by atoms with Crippen molar-refractivity contribution < 1.29 is 0 Å². The van der Waals surface area contributed by atoms with Crippen LogP contribution in [-0.2, 0) is 0 Å². The first kappa shape index (κ1) is 18.4. The molecule has 0 amide bonds.